The molecular weight excluding hydrogens is 350 g/mol. The highest BCUT2D eigenvalue weighted by atomic mass is 35.5. The Morgan fingerprint density at radius 2 is 2.04 bits per heavy atom. The fourth-order valence-electron chi connectivity index (χ4n) is 2.78. The molecule has 128 valence electrons. The smallest absolute Gasteiger partial charge is 0.242 e. The van der Waals surface area contributed by atoms with Gasteiger partial charge in [0.1, 0.15) is 17.7 Å². The molecule has 0 amide bonds. The van der Waals surface area contributed by atoms with Crippen LogP contribution in [0.25, 0.3) is 5.57 Å². The van der Waals surface area contributed by atoms with Crippen LogP contribution in [0.2, 0.25) is 5.02 Å². The summed E-state index contributed by atoms with van der Waals surface area (Å²) in [6, 6.07) is 4.57. The molecule has 1 aromatic rings. The standard InChI is InChI=1S/C17H19Cl2FN4/c1-2-3-4-5-9-23-11-21-17-22-16(19)12(10-24(17)23)15-13(18)7-6-8-14(15)20/h6-8,10H,2-5,9,11H2,1H3. The van der Waals surface area contributed by atoms with Crippen LogP contribution < -0.4 is 0 Å². The summed E-state index contributed by atoms with van der Waals surface area (Å²) < 4.78 is 14.2. The van der Waals surface area contributed by atoms with E-state index in [1.54, 1.807) is 18.3 Å². The number of guanidine groups is 1. The Morgan fingerprint density at radius 3 is 2.79 bits per heavy atom. The van der Waals surface area contributed by atoms with Crippen molar-refractivity contribution in [1.29, 1.82) is 0 Å². The van der Waals surface area contributed by atoms with Crippen molar-refractivity contribution in [3.8, 4) is 0 Å². The highest BCUT2D eigenvalue weighted by molar-refractivity contribution is 6.77. The number of hydrogen-bond acceptors (Lipinski definition) is 4. The third kappa shape index (κ3) is 3.48. The molecule has 0 fully saturated rings. The summed E-state index contributed by atoms with van der Waals surface area (Å²) in [4.78, 5) is 8.69. The second-order valence-corrected chi connectivity index (χ2v) is 6.54. The van der Waals surface area contributed by atoms with Crippen LogP contribution in [0.3, 0.4) is 0 Å². The van der Waals surface area contributed by atoms with E-state index < -0.39 is 5.82 Å². The van der Waals surface area contributed by atoms with E-state index in [4.69, 9.17) is 23.2 Å². The second kappa shape index (κ2) is 7.64. The number of aliphatic imine (C=N–C) groups is 2. The molecule has 4 nitrogen and oxygen atoms in total. The number of hydrazine groups is 1. The van der Waals surface area contributed by atoms with Crippen molar-refractivity contribution in [2.75, 3.05) is 13.2 Å². The Morgan fingerprint density at radius 1 is 1.21 bits per heavy atom. The Balaban J connectivity index is 1.83. The normalized spacial score (nSPS) is 17.5. The minimum atomic E-state index is -0.420. The molecule has 0 bridgehead atoms. The Kier molecular flexibility index (Phi) is 5.54. The van der Waals surface area contributed by atoms with Crippen LogP contribution in [-0.2, 0) is 0 Å². The topological polar surface area (TPSA) is 31.2 Å². The van der Waals surface area contributed by atoms with Crippen LogP contribution in [0.5, 0.6) is 0 Å². The molecule has 0 N–H and O–H groups in total. The second-order valence-electron chi connectivity index (χ2n) is 5.78. The van der Waals surface area contributed by atoms with E-state index in [1.165, 1.54) is 25.3 Å². The van der Waals surface area contributed by atoms with Gasteiger partial charge in [-0.05, 0) is 18.6 Å². The number of rotatable bonds is 6. The van der Waals surface area contributed by atoms with Crippen LogP contribution in [0, 0.1) is 5.82 Å². The van der Waals surface area contributed by atoms with E-state index in [0.29, 0.717) is 23.2 Å². The van der Waals surface area contributed by atoms with Crippen molar-refractivity contribution < 1.29 is 4.39 Å². The lowest BCUT2D eigenvalue weighted by atomic mass is 10.1. The maximum Gasteiger partial charge on any atom is 0.242 e. The van der Waals surface area contributed by atoms with E-state index in [1.807, 2.05) is 5.01 Å². The summed E-state index contributed by atoms with van der Waals surface area (Å²) >= 11 is 12.4. The van der Waals surface area contributed by atoms with Crippen molar-refractivity contribution in [3.63, 3.8) is 0 Å². The quantitative estimate of drug-likeness (QED) is 0.668. The van der Waals surface area contributed by atoms with Gasteiger partial charge in [0.25, 0.3) is 0 Å². The highest BCUT2D eigenvalue weighted by Crippen LogP contribution is 2.32. The Bertz CT molecular complexity index is 694. The molecular formula is C17H19Cl2FN4. The first-order valence-corrected chi connectivity index (χ1v) is 8.86. The van der Waals surface area contributed by atoms with Crippen molar-refractivity contribution in [2.24, 2.45) is 9.98 Å². The number of fused-ring (bicyclic) bond motifs is 1. The zero-order chi connectivity index (χ0) is 17.1. The molecule has 0 unspecified atom stereocenters. The van der Waals surface area contributed by atoms with Gasteiger partial charge in [0.2, 0.25) is 5.96 Å². The number of hydrogen-bond donors (Lipinski definition) is 0. The number of halogens is 3. The summed E-state index contributed by atoms with van der Waals surface area (Å²) in [5.74, 6) is 0.114. The fraction of sp³-hybridized carbons (Fsp3) is 0.412. The van der Waals surface area contributed by atoms with Gasteiger partial charge in [0, 0.05) is 23.9 Å². The summed E-state index contributed by atoms with van der Waals surface area (Å²) in [5, 5.41) is 4.43. The molecule has 2 aliphatic heterocycles. The zero-order valence-electron chi connectivity index (χ0n) is 13.5. The van der Waals surface area contributed by atoms with Gasteiger partial charge in [-0.1, -0.05) is 55.5 Å². The summed E-state index contributed by atoms with van der Waals surface area (Å²) in [7, 11) is 0. The molecule has 3 rings (SSSR count). The van der Waals surface area contributed by atoms with Crippen LogP contribution in [0.4, 0.5) is 4.39 Å². The third-order valence-corrected chi connectivity index (χ3v) is 4.66. The van der Waals surface area contributed by atoms with Crippen molar-refractivity contribution in [1.82, 2.24) is 10.0 Å². The Labute approximate surface area is 151 Å². The van der Waals surface area contributed by atoms with Crippen LogP contribution in [0.15, 0.2) is 34.4 Å². The van der Waals surface area contributed by atoms with E-state index in [9.17, 15) is 4.39 Å². The fourth-order valence-corrected chi connectivity index (χ4v) is 3.27. The summed E-state index contributed by atoms with van der Waals surface area (Å²) in [6.45, 7) is 3.59. The molecule has 0 spiro atoms. The minimum absolute atomic E-state index is 0.199. The van der Waals surface area contributed by atoms with Gasteiger partial charge in [-0.2, -0.15) is 10.0 Å². The molecule has 1 aromatic carbocycles. The lowest BCUT2D eigenvalue weighted by Gasteiger charge is -2.29. The maximum absolute atomic E-state index is 14.2. The van der Waals surface area contributed by atoms with Gasteiger partial charge in [0.05, 0.1) is 5.02 Å². The highest BCUT2D eigenvalue weighted by Gasteiger charge is 2.30. The third-order valence-electron chi connectivity index (χ3n) is 4.06. The molecule has 24 heavy (non-hydrogen) atoms. The lowest BCUT2D eigenvalue weighted by Crippen LogP contribution is -2.39. The lowest BCUT2D eigenvalue weighted by molar-refractivity contribution is 0.114. The largest absolute Gasteiger partial charge is 0.246 e. The van der Waals surface area contributed by atoms with Gasteiger partial charge in [-0.25, -0.2) is 14.4 Å². The summed E-state index contributed by atoms with van der Waals surface area (Å²) in [6.07, 6.45) is 6.44. The number of allylic oxidation sites excluding steroid dienone is 1. The monoisotopic (exact) mass is 368 g/mol. The molecule has 0 atom stereocenters. The molecule has 0 saturated carbocycles. The molecule has 2 aliphatic rings. The molecule has 0 aliphatic carbocycles. The molecule has 0 saturated heterocycles. The van der Waals surface area contributed by atoms with Gasteiger partial charge in [0.15, 0.2) is 0 Å². The average Bonchev–Trinajstić information content (AvgIpc) is 2.93. The van der Waals surface area contributed by atoms with Gasteiger partial charge >= 0.3 is 0 Å². The van der Waals surface area contributed by atoms with Gasteiger partial charge < -0.3 is 0 Å². The maximum atomic E-state index is 14.2. The predicted molar refractivity (Wildman–Crippen MR) is 97.7 cm³/mol. The van der Waals surface area contributed by atoms with Crippen LogP contribution in [-0.4, -0.2) is 34.4 Å². The van der Waals surface area contributed by atoms with E-state index in [2.05, 4.69) is 21.9 Å². The van der Waals surface area contributed by atoms with E-state index in [-0.39, 0.29) is 10.7 Å². The van der Waals surface area contributed by atoms with E-state index >= 15 is 0 Å². The SMILES string of the molecule is CCCCCCN1CN=C2N=C(Cl)C(c3c(F)cccc3Cl)=CN21. The zero-order valence-corrected chi connectivity index (χ0v) is 15.0. The van der Waals surface area contributed by atoms with Gasteiger partial charge in [-0.15, -0.1) is 0 Å². The Hall–Kier alpha value is -1.43. The van der Waals surface area contributed by atoms with Crippen LogP contribution >= 0.6 is 23.2 Å². The first-order chi connectivity index (χ1) is 11.6. The van der Waals surface area contributed by atoms with Crippen LogP contribution in [0.1, 0.15) is 38.2 Å². The average molecular weight is 369 g/mol. The van der Waals surface area contributed by atoms with E-state index in [0.717, 1.165) is 13.0 Å². The van der Waals surface area contributed by atoms with Crippen molar-refractivity contribution in [3.05, 3.63) is 40.8 Å². The number of nitrogens with zero attached hydrogens (tertiary/aromatic N) is 4. The first-order valence-electron chi connectivity index (χ1n) is 8.11. The molecule has 0 aromatic heterocycles. The van der Waals surface area contributed by atoms with Crippen molar-refractivity contribution >= 4 is 39.9 Å². The molecule has 0 radical (unpaired) electrons. The number of benzene rings is 1. The van der Waals surface area contributed by atoms with Crippen molar-refractivity contribution in [2.45, 2.75) is 32.6 Å². The predicted octanol–water partition coefficient (Wildman–Crippen LogP) is 4.90. The minimum Gasteiger partial charge on any atom is -0.246 e. The van der Waals surface area contributed by atoms with Gasteiger partial charge in [-0.3, -0.25) is 0 Å². The number of unbranched alkanes of at least 4 members (excludes halogenated alkanes) is 3. The first kappa shape index (κ1) is 17.4. The molecule has 7 heteroatoms. The molecule has 2 heterocycles. The summed E-state index contributed by atoms with van der Waals surface area (Å²) in [5.41, 5.74) is 0.740.